The molecule has 0 aromatic rings. The SMILES string of the molecule is N[C@]1(C(=O)O)C[C@H](CCB(O)O)CC[C@H]1I. The van der Waals surface area contributed by atoms with Gasteiger partial charge in [-0.05, 0) is 31.5 Å². The highest BCUT2D eigenvalue weighted by Crippen LogP contribution is 2.38. The van der Waals surface area contributed by atoms with Gasteiger partial charge in [0.2, 0.25) is 0 Å². The Labute approximate surface area is 109 Å². The molecule has 0 spiro atoms. The lowest BCUT2D eigenvalue weighted by molar-refractivity contribution is -0.144. The number of nitrogens with two attached hydrogens (primary N) is 1. The van der Waals surface area contributed by atoms with E-state index in [1.165, 1.54) is 0 Å². The molecule has 1 aliphatic rings. The second-order valence-corrected chi connectivity index (χ2v) is 6.02. The number of hydrogen-bond acceptors (Lipinski definition) is 4. The molecule has 1 saturated carbocycles. The van der Waals surface area contributed by atoms with Crippen molar-refractivity contribution in [3.05, 3.63) is 0 Å². The maximum absolute atomic E-state index is 11.1. The van der Waals surface area contributed by atoms with Crippen LogP contribution in [0.15, 0.2) is 0 Å². The Kier molecular flexibility index (Phi) is 5.02. The number of hydrogen-bond donors (Lipinski definition) is 4. The largest absolute Gasteiger partial charge is 0.480 e. The van der Waals surface area contributed by atoms with E-state index in [0.29, 0.717) is 12.8 Å². The van der Waals surface area contributed by atoms with Crippen LogP contribution in [0.4, 0.5) is 0 Å². The van der Waals surface area contributed by atoms with Gasteiger partial charge in [-0.25, -0.2) is 0 Å². The molecule has 5 nitrogen and oxygen atoms in total. The zero-order valence-corrected chi connectivity index (χ0v) is 11.1. The molecular formula is C9H17BINO4. The van der Waals surface area contributed by atoms with Crippen LogP contribution in [0.3, 0.4) is 0 Å². The predicted molar refractivity (Wildman–Crippen MR) is 69.3 cm³/mol. The monoisotopic (exact) mass is 341 g/mol. The average molecular weight is 341 g/mol. The highest BCUT2D eigenvalue weighted by molar-refractivity contribution is 14.1. The van der Waals surface area contributed by atoms with E-state index in [0.717, 1.165) is 12.8 Å². The lowest BCUT2D eigenvalue weighted by Gasteiger charge is -2.38. The van der Waals surface area contributed by atoms with Gasteiger partial charge < -0.3 is 20.9 Å². The van der Waals surface area contributed by atoms with E-state index in [2.05, 4.69) is 22.6 Å². The summed E-state index contributed by atoms with van der Waals surface area (Å²) in [6.07, 6.45) is 3.00. The minimum Gasteiger partial charge on any atom is -0.480 e. The van der Waals surface area contributed by atoms with Gasteiger partial charge in [-0.15, -0.1) is 0 Å². The topological polar surface area (TPSA) is 104 Å². The van der Waals surface area contributed by atoms with Gasteiger partial charge in [0, 0.05) is 3.92 Å². The molecule has 1 fully saturated rings. The standard InChI is InChI=1S/C9H17BINO4/c11-7-2-1-6(3-4-10(15)16)5-9(7,12)8(13)14/h6-7,15-16H,1-5,12H2,(H,13,14)/t6-,7+,9+/m0/s1. The summed E-state index contributed by atoms with van der Waals surface area (Å²) in [4.78, 5) is 11.1. The molecule has 0 bridgehead atoms. The van der Waals surface area contributed by atoms with E-state index in [4.69, 9.17) is 20.9 Å². The van der Waals surface area contributed by atoms with Gasteiger partial charge in [-0.3, -0.25) is 4.79 Å². The Balaban J connectivity index is 2.57. The molecule has 0 heterocycles. The first-order valence-electron chi connectivity index (χ1n) is 5.38. The fraction of sp³-hybridized carbons (Fsp3) is 0.889. The summed E-state index contributed by atoms with van der Waals surface area (Å²) in [5.74, 6) is -0.782. The number of alkyl halides is 1. The molecule has 0 unspecified atom stereocenters. The summed E-state index contributed by atoms with van der Waals surface area (Å²) in [6, 6.07) is 0. The van der Waals surface area contributed by atoms with Crippen molar-refractivity contribution in [1.82, 2.24) is 0 Å². The van der Waals surface area contributed by atoms with Crippen LogP contribution < -0.4 is 5.73 Å². The Morgan fingerprint density at radius 2 is 2.12 bits per heavy atom. The highest BCUT2D eigenvalue weighted by Gasteiger charge is 2.45. The summed E-state index contributed by atoms with van der Waals surface area (Å²) >= 11 is 2.10. The minimum absolute atomic E-state index is 0.0575. The third-order valence-corrected chi connectivity index (χ3v) is 4.98. The van der Waals surface area contributed by atoms with E-state index in [1.807, 2.05) is 0 Å². The van der Waals surface area contributed by atoms with Crippen LogP contribution in [0, 0.1) is 5.92 Å². The molecule has 92 valence electrons. The van der Waals surface area contributed by atoms with Crippen LogP contribution in [0.1, 0.15) is 25.7 Å². The zero-order valence-electron chi connectivity index (χ0n) is 8.97. The normalized spacial score (nSPS) is 34.8. The third-order valence-electron chi connectivity index (χ3n) is 3.25. The number of halogens is 1. The molecule has 0 aromatic carbocycles. The molecule has 0 radical (unpaired) electrons. The van der Waals surface area contributed by atoms with Gasteiger partial charge in [-0.1, -0.05) is 29.0 Å². The number of rotatable bonds is 4. The summed E-state index contributed by atoms with van der Waals surface area (Å²) in [5, 5.41) is 26.7. The quantitative estimate of drug-likeness (QED) is 0.333. The second-order valence-electron chi connectivity index (χ2n) is 4.52. The van der Waals surface area contributed by atoms with E-state index >= 15 is 0 Å². The number of carboxylic acids is 1. The molecule has 0 amide bonds. The van der Waals surface area contributed by atoms with Crippen molar-refractivity contribution >= 4 is 35.7 Å². The zero-order chi connectivity index (χ0) is 12.3. The summed E-state index contributed by atoms with van der Waals surface area (Å²) < 4.78 is -0.0575. The molecule has 1 aliphatic carbocycles. The molecule has 7 heteroatoms. The Bertz CT molecular complexity index is 266. The minimum atomic E-state index is -1.31. The first-order chi connectivity index (χ1) is 7.36. The summed E-state index contributed by atoms with van der Waals surface area (Å²) in [7, 11) is -1.31. The van der Waals surface area contributed by atoms with Crippen LogP contribution >= 0.6 is 22.6 Å². The molecule has 0 saturated heterocycles. The van der Waals surface area contributed by atoms with Gasteiger partial charge in [-0.2, -0.15) is 0 Å². The van der Waals surface area contributed by atoms with Gasteiger partial charge in [0.25, 0.3) is 0 Å². The molecule has 5 N–H and O–H groups in total. The maximum Gasteiger partial charge on any atom is 0.451 e. The van der Waals surface area contributed by atoms with Gasteiger partial charge in [0.05, 0.1) is 0 Å². The van der Waals surface area contributed by atoms with Crippen molar-refractivity contribution in [2.45, 2.75) is 41.5 Å². The first-order valence-corrected chi connectivity index (χ1v) is 6.63. The van der Waals surface area contributed by atoms with Crippen LogP contribution in [-0.4, -0.2) is 37.7 Å². The smallest absolute Gasteiger partial charge is 0.451 e. The Morgan fingerprint density at radius 3 is 2.62 bits per heavy atom. The fourth-order valence-electron chi connectivity index (χ4n) is 2.20. The third kappa shape index (κ3) is 3.32. The number of aliphatic carboxylic acids is 1. The Morgan fingerprint density at radius 1 is 1.50 bits per heavy atom. The molecule has 0 aromatic heterocycles. The van der Waals surface area contributed by atoms with Crippen LogP contribution in [0.5, 0.6) is 0 Å². The van der Waals surface area contributed by atoms with Crippen LogP contribution in [0.25, 0.3) is 0 Å². The van der Waals surface area contributed by atoms with Crippen molar-refractivity contribution in [3.63, 3.8) is 0 Å². The summed E-state index contributed by atoms with van der Waals surface area (Å²) in [5.41, 5.74) is 4.75. The van der Waals surface area contributed by atoms with Crippen molar-refractivity contribution in [2.75, 3.05) is 0 Å². The second kappa shape index (κ2) is 5.66. The highest BCUT2D eigenvalue weighted by atomic mass is 127. The lowest BCUT2D eigenvalue weighted by atomic mass is 9.71. The van der Waals surface area contributed by atoms with Crippen molar-refractivity contribution in [2.24, 2.45) is 11.7 Å². The molecule has 3 atom stereocenters. The van der Waals surface area contributed by atoms with Crippen molar-refractivity contribution < 1.29 is 19.9 Å². The molecule has 1 rings (SSSR count). The number of carbonyl (C=O) groups is 1. The molecular weight excluding hydrogens is 324 g/mol. The first kappa shape index (κ1) is 14.2. The summed E-state index contributed by atoms with van der Waals surface area (Å²) in [6.45, 7) is 0. The predicted octanol–water partition coefficient (Wildman–Crippen LogP) is 0.235. The lowest BCUT2D eigenvalue weighted by Crippen LogP contribution is -2.58. The maximum atomic E-state index is 11.1. The van der Waals surface area contributed by atoms with Gasteiger partial charge in [0.15, 0.2) is 0 Å². The molecule has 0 aliphatic heterocycles. The van der Waals surface area contributed by atoms with Gasteiger partial charge in [0.1, 0.15) is 5.54 Å². The van der Waals surface area contributed by atoms with Crippen molar-refractivity contribution in [3.8, 4) is 0 Å². The van der Waals surface area contributed by atoms with E-state index in [9.17, 15) is 4.79 Å². The van der Waals surface area contributed by atoms with Crippen LogP contribution in [0.2, 0.25) is 6.32 Å². The van der Waals surface area contributed by atoms with E-state index < -0.39 is 18.6 Å². The van der Waals surface area contributed by atoms with Crippen LogP contribution in [-0.2, 0) is 4.79 Å². The van der Waals surface area contributed by atoms with Gasteiger partial charge >= 0.3 is 13.1 Å². The van der Waals surface area contributed by atoms with E-state index in [-0.39, 0.29) is 16.2 Å². The van der Waals surface area contributed by atoms with Crippen molar-refractivity contribution in [1.29, 1.82) is 0 Å². The Hall–Kier alpha value is 0.145. The van der Waals surface area contributed by atoms with E-state index in [1.54, 1.807) is 0 Å². The number of carboxylic acid groups (broad SMARTS) is 1. The average Bonchev–Trinajstić information content (AvgIpc) is 2.19. The fourth-order valence-corrected chi connectivity index (χ4v) is 3.08. The molecule has 16 heavy (non-hydrogen) atoms.